The molecule has 15 heteroatoms. The van der Waals surface area contributed by atoms with Crippen LogP contribution in [-0.2, 0) is 23.4 Å². The molecular weight excluding hydrogens is 552 g/mol. The van der Waals surface area contributed by atoms with Crippen molar-refractivity contribution in [3.63, 3.8) is 0 Å². The molecule has 0 spiro atoms. The number of para-hydroxylation sites is 1. The molecule has 1 saturated heterocycles. The molecule has 1 aliphatic rings. The minimum Gasteiger partial charge on any atom is -0.462 e. The number of H-pyrrole nitrogens is 1. The van der Waals surface area contributed by atoms with E-state index in [4.69, 9.17) is 18.5 Å². The molecule has 0 saturated carbocycles. The van der Waals surface area contributed by atoms with E-state index >= 15 is 4.39 Å². The van der Waals surface area contributed by atoms with Gasteiger partial charge in [0.2, 0.25) is 0 Å². The molecule has 1 unspecified atom stereocenters. The van der Waals surface area contributed by atoms with Gasteiger partial charge in [-0.05, 0) is 32.9 Å². The summed E-state index contributed by atoms with van der Waals surface area (Å²) in [6.07, 6.45) is -2.59. The Labute approximate surface area is 229 Å². The van der Waals surface area contributed by atoms with Crippen LogP contribution in [0, 0.1) is 5.92 Å². The fourth-order valence-electron chi connectivity index (χ4n) is 4.00. The third-order valence-corrected chi connectivity index (χ3v) is 7.82. The molecule has 1 aromatic heterocycles. The number of rotatable bonds is 12. The zero-order chi connectivity index (χ0) is 29.9. The summed E-state index contributed by atoms with van der Waals surface area (Å²) in [7, 11) is -4.60. The number of esters is 1. The first-order valence-corrected chi connectivity index (χ1v) is 13.9. The summed E-state index contributed by atoms with van der Waals surface area (Å²) in [6.45, 7) is 8.20. The predicted molar refractivity (Wildman–Crippen MR) is 140 cm³/mol. The zero-order valence-corrected chi connectivity index (χ0v) is 23.2. The SMILES string of the molecule is C=CC(C)[C@]1(O)[C@H](n2ccc(=O)[nH]c2=O)O[C@](F)(CO[P@@](=O)(N[C@@H](C)C(=O)OC(C)C)Oc2ccccc2)[C@H]1O. The van der Waals surface area contributed by atoms with Crippen LogP contribution in [-0.4, -0.2) is 62.0 Å². The molecule has 2 aromatic rings. The number of hydrogen-bond donors (Lipinski definition) is 4. The largest absolute Gasteiger partial charge is 0.462 e. The molecular formula is C25H33FN3O10P. The summed E-state index contributed by atoms with van der Waals surface area (Å²) in [6, 6.07) is 7.36. The van der Waals surface area contributed by atoms with Crippen LogP contribution in [0.2, 0.25) is 0 Å². The second kappa shape index (κ2) is 12.2. The number of ether oxygens (including phenoxy) is 2. The Balaban J connectivity index is 1.95. The third-order valence-electron chi connectivity index (χ3n) is 6.19. The van der Waals surface area contributed by atoms with E-state index in [0.29, 0.717) is 4.57 Å². The Kier molecular flexibility index (Phi) is 9.55. The van der Waals surface area contributed by atoms with Crippen molar-refractivity contribution < 1.29 is 42.5 Å². The summed E-state index contributed by atoms with van der Waals surface area (Å²) < 4.78 is 52.0. The number of hydrogen-bond acceptors (Lipinski definition) is 10. The minimum absolute atomic E-state index is 0.0398. The molecule has 0 aliphatic carbocycles. The summed E-state index contributed by atoms with van der Waals surface area (Å²) in [5, 5.41) is 24.9. The Morgan fingerprint density at radius 2 is 1.93 bits per heavy atom. The molecule has 0 amide bonds. The number of benzene rings is 1. The van der Waals surface area contributed by atoms with Crippen molar-refractivity contribution in [2.45, 2.75) is 63.6 Å². The van der Waals surface area contributed by atoms with E-state index in [9.17, 15) is 29.2 Å². The van der Waals surface area contributed by atoms with Crippen LogP contribution in [0.4, 0.5) is 4.39 Å². The highest BCUT2D eigenvalue weighted by Crippen LogP contribution is 2.52. The smallest absolute Gasteiger partial charge is 0.459 e. The fourth-order valence-corrected chi connectivity index (χ4v) is 5.50. The number of nitrogens with zero attached hydrogens (tertiary/aromatic N) is 1. The van der Waals surface area contributed by atoms with E-state index < -0.39 is 73.4 Å². The second-order valence-corrected chi connectivity index (χ2v) is 11.3. The van der Waals surface area contributed by atoms with Crippen LogP contribution < -0.4 is 20.9 Å². The molecule has 1 fully saturated rings. The molecule has 1 aliphatic heterocycles. The molecule has 40 heavy (non-hydrogen) atoms. The van der Waals surface area contributed by atoms with Gasteiger partial charge in [0.15, 0.2) is 6.23 Å². The van der Waals surface area contributed by atoms with E-state index in [-0.39, 0.29) is 5.75 Å². The Morgan fingerprint density at radius 3 is 2.50 bits per heavy atom. The molecule has 2 heterocycles. The Bertz CT molecular complexity index is 1370. The van der Waals surface area contributed by atoms with Gasteiger partial charge in [0.05, 0.1) is 6.10 Å². The molecule has 4 N–H and O–H groups in total. The summed E-state index contributed by atoms with van der Waals surface area (Å²) in [4.78, 5) is 38.3. The van der Waals surface area contributed by atoms with Crippen molar-refractivity contribution >= 4 is 13.7 Å². The van der Waals surface area contributed by atoms with E-state index in [1.165, 1.54) is 32.1 Å². The lowest BCUT2D eigenvalue weighted by Gasteiger charge is -2.35. The fraction of sp³-hybridized carbons (Fsp3) is 0.480. The average Bonchev–Trinajstić information content (AvgIpc) is 3.09. The topological polar surface area (TPSA) is 178 Å². The van der Waals surface area contributed by atoms with Gasteiger partial charge in [-0.25, -0.2) is 13.8 Å². The maximum atomic E-state index is 16.3. The molecule has 3 rings (SSSR count). The normalized spacial score (nSPS) is 27.5. The van der Waals surface area contributed by atoms with Crippen LogP contribution in [0.3, 0.4) is 0 Å². The van der Waals surface area contributed by atoms with Crippen LogP contribution in [0.1, 0.15) is 33.9 Å². The number of nitrogens with one attached hydrogen (secondary N) is 2. The highest BCUT2D eigenvalue weighted by atomic mass is 31.2. The lowest BCUT2D eigenvalue weighted by atomic mass is 9.81. The molecule has 0 radical (unpaired) electrons. The van der Waals surface area contributed by atoms with E-state index in [1.807, 2.05) is 4.98 Å². The first-order chi connectivity index (χ1) is 18.6. The average molecular weight is 586 g/mol. The molecule has 1 aromatic carbocycles. The lowest BCUT2D eigenvalue weighted by Crippen LogP contribution is -2.55. The van der Waals surface area contributed by atoms with Crippen molar-refractivity contribution in [2.75, 3.05) is 6.61 Å². The molecule has 220 valence electrons. The van der Waals surface area contributed by atoms with Gasteiger partial charge in [-0.15, -0.1) is 6.58 Å². The van der Waals surface area contributed by atoms with Crippen LogP contribution in [0.15, 0.2) is 64.8 Å². The summed E-state index contributed by atoms with van der Waals surface area (Å²) in [5.41, 5.74) is -4.32. The second-order valence-electron chi connectivity index (χ2n) is 9.60. The Hall–Kier alpha value is -3.13. The van der Waals surface area contributed by atoms with Gasteiger partial charge in [0.1, 0.15) is 30.1 Å². The van der Waals surface area contributed by atoms with E-state index in [0.717, 1.165) is 12.3 Å². The van der Waals surface area contributed by atoms with Crippen molar-refractivity contribution in [1.29, 1.82) is 0 Å². The van der Waals surface area contributed by atoms with Crippen molar-refractivity contribution in [3.8, 4) is 5.75 Å². The molecule has 13 nitrogen and oxygen atoms in total. The van der Waals surface area contributed by atoms with Gasteiger partial charge in [-0.3, -0.25) is 23.7 Å². The number of carbonyl (C=O) groups excluding carboxylic acids is 1. The summed E-state index contributed by atoms with van der Waals surface area (Å²) in [5.74, 6) is -5.10. The van der Waals surface area contributed by atoms with Gasteiger partial charge >= 0.3 is 19.4 Å². The van der Waals surface area contributed by atoms with Gasteiger partial charge in [0, 0.05) is 18.2 Å². The number of alkyl halides is 1. The highest BCUT2D eigenvalue weighted by molar-refractivity contribution is 7.52. The standard InChI is InChI=1S/C25H33FN3O10P/c1-6-16(4)25(34)21(32)24(26,38-22(25)29-13-12-19(30)27-23(29)33)14-36-40(35,39-18-10-8-7-9-11-18)28-17(5)20(31)37-15(2)3/h6-13,15-17,21-22,32,34H,1,14H2,2-5H3,(H,28,35)(H,27,30,33)/t16?,17-,21+,22+,24+,25+,40-/m0/s1. The van der Waals surface area contributed by atoms with Crippen molar-refractivity contribution in [1.82, 2.24) is 14.6 Å². The predicted octanol–water partition coefficient (Wildman–Crippen LogP) is 1.78. The minimum atomic E-state index is -4.60. The number of aliphatic hydroxyl groups excluding tert-OH is 1. The number of aromatic nitrogens is 2. The zero-order valence-electron chi connectivity index (χ0n) is 22.4. The van der Waals surface area contributed by atoms with Crippen molar-refractivity contribution in [2.24, 2.45) is 5.92 Å². The monoisotopic (exact) mass is 585 g/mol. The van der Waals surface area contributed by atoms with Gasteiger partial charge in [-0.2, -0.15) is 5.09 Å². The highest BCUT2D eigenvalue weighted by Gasteiger charge is 2.67. The van der Waals surface area contributed by atoms with E-state index in [1.54, 1.807) is 32.0 Å². The Morgan fingerprint density at radius 1 is 1.27 bits per heavy atom. The third kappa shape index (κ3) is 6.60. The van der Waals surface area contributed by atoms with Gasteiger partial charge < -0.3 is 24.2 Å². The number of halogens is 1. The maximum absolute atomic E-state index is 16.3. The number of aromatic amines is 1. The first kappa shape index (κ1) is 31.4. The summed E-state index contributed by atoms with van der Waals surface area (Å²) >= 11 is 0. The number of carbonyl (C=O) groups is 1. The van der Waals surface area contributed by atoms with Gasteiger partial charge in [0.25, 0.3) is 11.4 Å². The molecule has 7 atom stereocenters. The van der Waals surface area contributed by atoms with Gasteiger partial charge in [-0.1, -0.05) is 31.2 Å². The first-order valence-electron chi connectivity index (χ1n) is 12.3. The number of aliphatic hydroxyl groups is 2. The van der Waals surface area contributed by atoms with Crippen molar-refractivity contribution in [3.05, 3.63) is 76.1 Å². The maximum Gasteiger partial charge on any atom is 0.459 e. The van der Waals surface area contributed by atoms with Crippen LogP contribution in [0.5, 0.6) is 5.75 Å². The lowest BCUT2D eigenvalue weighted by molar-refractivity contribution is -0.204. The van der Waals surface area contributed by atoms with Crippen LogP contribution >= 0.6 is 7.75 Å². The van der Waals surface area contributed by atoms with Crippen LogP contribution in [0.25, 0.3) is 0 Å². The van der Waals surface area contributed by atoms with E-state index in [2.05, 4.69) is 11.7 Å². The molecule has 0 bridgehead atoms. The quantitative estimate of drug-likeness (QED) is 0.162.